The summed E-state index contributed by atoms with van der Waals surface area (Å²) in [6.45, 7) is -0.559. The molecule has 2 aromatic carbocycles. The topological polar surface area (TPSA) is 130 Å². The molecule has 0 aromatic heterocycles. The highest BCUT2D eigenvalue weighted by Crippen LogP contribution is 2.33. The number of ether oxygens (including phenoxy) is 1. The van der Waals surface area contributed by atoms with Crippen molar-refractivity contribution in [3.63, 3.8) is 0 Å². The van der Waals surface area contributed by atoms with E-state index >= 15 is 0 Å². The first kappa shape index (κ1) is 20.1. The summed E-state index contributed by atoms with van der Waals surface area (Å²) < 4.78 is 4.98. The Balaban J connectivity index is 1.69. The maximum Gasteiger partial charge on any atom is 0.293 e. The fourth-order valence-corrected chi connectivity index (χ4v) is 3.33. The zero-order chi connectivity index (χ0) is 21.0. The van der Waals surface area contributed by atoms with Gasteiger partial charge in [-0.15, -0.1) is 0 Å². The second-order valence-electron chi connectivity index (χ2n) is 5.92. The Morgan fingerprint density at radius 1 is 1.10 bits per heavy atom. The van der Waals surface area contributed by atoms with Crippen LogP contribution in [-0.2, 0) is 16.1 Å². The summed E-state index contributed by atoms with van der Waals surface area (Å²) in [5.74, 6) is -1.47. The van der Waals surface area contributed by atoms with Gasteiger partial charge in [-0.3, -0.25) is 24.6 Å². The van der Waals surface area contributed by atoms with Gasteiger partial charge in [0, 0.05) is 12.1 Å². The summed E-state index contributed by atoms with van der Waals surface area (Å²) in [5, 5.41) is 20.7. The van der Waals surface area contributed by atoms with Crippen molar-refractivity contribution in [1.29, 1.82) is 0 Å². The molecule has 10 heteroatoms. The molecule has 1 heterocycles. The Labute approximate surface area is 168 Å². The number of imide groups is 1. The van der Waals surface area contributed by atoms with Gasteiger partial charge in [-0.25, -0.2) is 0 Å². The number of hydrogen-bond donors (Lipinski definition) is 0. The SMILES string of the molecule is O=C([O-])COc1ccc(/C=C2/SC(=O)N(Cc3ccc([N+](=O)[O-])cc3)C2=O)cc1. The Morgan fingerprint density at radius 3 is 2.34 bits per heavy atom. The number of carboxylic acid groups (broad SMARTS) is 1. The molecule has 0 aliphatic carbocycles. The number of nitro benzene ring substituents is 1. The van der Waals surface area contributed by atoms with Gasteiger partial charge in [0.2, 0.25) is 0 Å². The molecule has 0 spiro atoms. The molecule has 2 amide bonds. The van der Waals surface area contributed by atoms with Gasteiger partial charge in [-0.05, 0) is 41.1 Å². The number of thioether (sulfide) groups is 1. The smallest absolute Gasteiger partial charge is 0.293 e. The van der Waals surface area contributed by atoms with E-state index in [0.717, 1.165) is 16.7 Å². The lowest BCUT2D eigenvalue weighted by atomic mass is 10.2. The first-order valence-corrected chi connectivity index (χ1v) is 9.06. The molecule has 0 saturated carbocycles. The van der Waals surface area contributed by atoms with Crippen LogP contribution in [0.4, 0.5) is 10.5 Å². The van der Waals surface area contributed by atoms with Crippen molar-refractivity contribution in [2.24, 2.45) is 0 Å². The van der Waals surface area contributed by atoms with Crippen LogP contribution in [0.1, 0.15) is 11.1 Å². The van der Waals surface area contributed by atoms with Crippen molar-refractivity contribution in [3.05, 3.63) is 74.7 Å². The van der Waals surface area contributed by atoms with Crippen molar-refractivity contribution in [3.8, 4) is 5.75 Å². The van der Waals surface area contributed by atoms with E-state index < -0.39 is 28.6 Å². The predicted octanol–water partition coefficient (Wildman–Crippen LogP) is 1.96. The van der Waals surface area contributed by atoms with E-state index in [1.165, 1.54) is 36.4 Å². The lowest BCUT2D eigenvalue weighted by Gasteiger charge is -2.12. The summed E-state index contributed by atoms with van der Waals surface area (Å²) in [7, 11) is 0. The third kappa shape index (κ3) is 4.99. The van der Waals surface area contributed by atoms with Crippen LogP contribution >= 0.6 is 11.8 Å². The zero-order valence-corrected chi connectivity index (χ0v) is 15.6. The maximum atomic E-state index is 12.6. The van der Waals surface area contributed by atoms with E-state index in [1.807, 2.05) is 0 Å². The molecule has 2 aromatic rings. The maximum absolute atomic E-state index is 12.6. The number of nitro groups is 1. The monoisotopic (exact) mass is 413 g/mol. The molecule has 0 atom stereocenters. The molecule has 1 saturated heterocycles. The summed E-state index contributed by atoms with van der Waals surface area (Å²) in [5.41, 5.74) is 1.15. The van der Waals surface area contributed by atoms with Gasteiger partial charge in [0.25, 0.3) is 16.8 Å². The highest BCUT2D eigenvalue weighted by molar-refractivity contribution is 8.18. The normalized spacial score (nSPS) is 15.0. The van der Waals surface area contributed by atoms with E-state index in [-0.39, 0.29) is 17.1 Å². The summed E-state index contributed by atoms with van der Waals surface area (Å²) >= 11 is 0.795. The molecule has 0 bridgehead atoms. The Hall–Kier alpha value is -3.66. The van der Waals surface area contributed by atoms with Gasteiger partial charge < -0.3 is 14.6 Å². The van der Waals surface area contributed by atoms with Crippen LogP contribution in [-0.4, -0.2) is 33.5 Å². The van der Waals surface area contributed by atoms with E-state index in [0.29, 0.717) is 16.9 Å². The van der Waals surface area contributed by atoms with E-state index in [1.54, 1.807) is 18.2 Å². The second-order valence-corrected chi connectivity index (χ2v) is 6.91. The Kier molecular flexibility index (Phi) is 5.93. The van der Waals surface area contributed by atoms with E-state index in [4.69, 9.17) is 4.74 Å². The van der Waals surface area contributed by atoms with Crippen molar-refractivity contribution < 1.29 is 29.2 Å². The third-order valence-electron chi connectivity index (χ3n) is 3.90. The number of carboxylic acids is 1. The number of carbonyl (C=O) groups is 3. The van der Waals surface area contributed by atoms with Crippen LogP contribution < -0.4 is 9.84 Å². The quantitative estimate of drug-likeness (QED) is 0.382. The lowest BCUT2D eigenvalue weighted by Crippen LogP contribution is -2.28. The highest BCUT2D eigenvalue weighted by atomic mass is 32.2. The number of nitrogens with zero attached hydrogens (tertiary/aromatic N) is 2. The largest absolute Gasteiger partial charge is 0.546 e. The van der Waals surface area contributed by atoms with E-state index in [2.05, 4.69) is 0 Å². The molecule has 29 heavy (non-hydrogen) atoms. The van der Waals surface area contributed by atoms with Crippen molar-refractivity contribution >= 4 is 40.6 Å². The molecular weight excluding hydrogens is 400 g/mol. The minimum absolute atomic E-state index is 0.00992. The van der Waals surface area contributed by atoms with Crippen molar-refractivity contribution in [2.45, 2.75) is 6.54 Å². The number of non-ortho nitro benzene ring substituents is 1. The number of hydrogen-bond acceptors (Lipinski definition) is 8. The zero-order valence-electron chi connectivity index (χ0n) is 14.8. The predicted molar refractivity (Wildman–Crippen MR) is 102 cm³/mol. The van der Waals surface area contributed by atoms with Gasteiger partial charge >= 0.3 is 0 Å². The molecule has 0 N–H and O–H groups in total. The van der Waals surface area contributed by atoms with Crippen LogP contribution in [0, 0.1) is 10.1 Å². The molecule has 148 valence electrons. The second kappa shape index (κ2) is 8.57. The fraction of sp³-hybridized carbons (Fsp3) is 0.105. The van der Waals surface area contributed by atoms with Crippen molar-refractivity contribution in [2.75, 3.05) is 6.61 Å². The van der Waals surface area contributed by atoms with E-state index in [9.17, 15) is 29.6 Å². The van der Waals surface area contributed by atoms with Crippen LogP contribution in [0.2, 0.25) is 0 Å². The summed E-state index contributed by atoms with van der Waals surface area (Å²) in [6, 6.07) is 11.9. The van der Waals surface area contributed by atoms with Gasteiger partial charge in [0.15, 0.2) is 0 Å². The standard InChI is InChI=1S/C19H14N2O7S/c22-17(23)11-28-15-7-3-12(4-8-15)9-16-18(24)20(19(25)29-16)10-13-1-5-14(6-2-13)21(26)27/h1-9H,10-11H2,(H,22,23)/p-1/b16-9+. The number of aliphatic carboxylic acids is 1. The average Bonchev–Trinajstić information content (AvgIpc) is 2.95. The van der Waals surface area contributed by atoms with Gasteiger partial charge in [-0.2, -0.15) is 0 Å². The molecule has 0 unspecified atom stereocenters. The average molecular weight is 413 g/mol. The van der Waals surface area contributed by atoms with Crippen LogP contribution in [0.25, 0.3) is 6.08 Å². The van der Waals surface area contributed by atoms with Crippen LogP contribution in [0.5, 0.6) is 5.75 Å². The van der Waals surface area contributed by atoms with Gasteiger partial charge in [0.05, 0.1) is 22.3 Å². The molecule has 0 radical (unpaired) electrons. The number of rotatable bonds is 7. The van der Waals surface area contributed by atoms with Crippen LogP contribution in [0.3, 0.4) is 0 Å². The molecule has 9 nitrogen and oxygen atoms in total. The minimum Gasteiger partial charge on any atom is -0.546 e. The fourth-order valence-electron chi connectivity index (χ4n) is 2.50. The third-order valence-corrected chi connectivity index (χ3v) is 4.80. The summed E-state index contributed by atoms with van der Waals surface area (Å²) in [6.07, 6.45) is 1.54. The lowest BCUT2D eigenvalue weighted by molar-refractivity contribution is -0.384. The molecule has 1 aliphatic rings. The minimum atomic E-state index is -1.34. The molecular formula is C19H13N2O7S-. The number of carbonyl (C=O) groups excluding carboxylic acids is 3. The van der Waals surface area contributed by atoms with Crippen molar-refractivity contribution in [1.82, 2.24) is 4.90 Å². The first-order valence-electron chi connectivity index (χ1n) is 8.25. The Morgan fingerprint density at radius 2 is 1.76 bits per heavy atom. The highest BCUT2D eigenvalue weighted by Gasteiger charge is 2.35. The Bertz CT molecular complexity index is 1000. The van der Waals surface area contributed by atoms with Gasteiger partial charge in [-0.1, -0.05) is 24.3 Å². The molecule has 1 fully saturated rings. The number of amides is 2. The summed E-state index contributed by atoms with van der Waals surface area (Å²) in [4.78, 5) is 46.6. The van der Waals surface area contributed by atoms with Gasteiger partial charge in [0.1, 0.15) is 12.4 Å². The molecule has 3 rings (SSSR count). The first-order chi connectivity index (χ1) is 13.8. The molecule has 1 aliphatic heterocycles. The van der Waals surface area contributed by atoms with Crippen LogP contribution in [0.15, 0.2) is 53.4 Å². The number of benzene rings is 2.